The Hall–Kier alpha value is -1.18. The average molecular weight is 257 g/mol. The first-order valence-corrected chi connectivity index (χ1v) is 6.95. The van der Waals surface area contributed by atoms with Crippen LogP contribution in [0.1, 0.15) is 5.82 Å². The number of nitrogens with zero attached hydrogens (tertiary/aromatic N) is 2. The van der Waals surface area contributed by atoms with Crippen molar-refractivity contribution in [2.24, 2.45) is 7.05 Å². The van der Waals surface area contributed by atoms with Crippen molar-refractivity contribution in [2.45, 2.75) is 10.8 Å². The molecule has 2 aromatic rings. The molecule has 0 aliphatic rings. The van der Waals surface area contributed by atoms with Crippen LogP contribution in [0.15, 0.2) is 34.1 Å². The van der Waals surface area contributed by atoms with Crippen LogP contribution < -0.4 is 4.72 Å². The second-order valence-electron chi connectivity index (χ2n) is 3.21. The number of hydrogen-bond donors (Lipinski definition) is 1. The molecule has 0 aliphatic heterocycles. The predicted molar refractivity (Wildman–Crippen MR) is 61.6 cm³/mol. The standard InChI is InChI=1S/C9H11N3O2S2/c1-12-5-4-10-8(12)7-11-16(13,14)9-3-2-6-15-9/h2-6,11H,7H2,1H3. The van der Waals surface area contributed by atoms with Gasteiger partial charge in [-0.25, -0.2) is 18.1 Å². The van der Waals surface area contributed by atoms with E-state index in [0.717, 1.165) is 0 Å². The molecule has 0 radical (unpaired) electrons. The second kappa shape index (κ2) is 4.36. The molecule has 86 valence electrons. The summed E-state index contributed by atoms with van der Waals surface area (Å²) >= 11 is 1.19. The van der Waals surface area contributed by atoms with Crippen LogP contribution in [0.4, 0.5) is 0 Å². The molecule has 0 atom stereocenters. The zero-order valence-electron chi connectivity index (χ0n) is 8.62. The fourth-order valence-electron chi connectivity index (χ4n) is 1.21. The van der Waals surface area contributed by atoms with Crippen LogP contribution in [0.5, 0.6) is 0 Å². The van der Waals surface area contributed by atoms with E-state index in [1.807, 2.05) is 7.05 Å². The van der Waals surface area contributed by atoms with Crippen molar-refractivity contribution in [3.05, 3.63) is 35.7 Å². The summed E-state index contributed by atoms with van der Waals surface area (Å²) in [6.07, 6.45) is 3.41. The van der Waals surface area contributed by atoms with Crippen LogP contribution >= 0.6 is 11.3 Å². The molecule has 0 saturated carbocycles. The van der Waals surface area contributed by atoms with Gasteiger partial charge in [-0.15, -0.1) is 11.3 Å². The first-order chi connectivity index (χ1) is 7.59. The topological polar surface area (TPSA) is 64.0 Å². The van der Waals surface area contributed by atoms with E-state index in [0.29, 0.717) is 10.0 Å². The van der Waals surface area contributed by atoms with Crippen molar-refractivity contribution in [1.29, 1.82) is 0 Å². The first kappa shape index (κ1) is 11.3. The summed E-state index contributed by atoms with van der Waals surface area (Å²) in [6, 6.07) is 3.28. The van der Waals surface area contributed by atoms with Crippen LogP contribution in [0.25, 0.3) is 0 Å². The molecule has 2 aromatic heterocycles. The Bertz CT molecular complexity index is 557. The summed E-state index contributed by atoms with van der Waals surface area (Å²) in [5, 5.41) is 1.73. The maximum Gasteiger partial charge on any atom is 0.250 e. The Balaban J connectivity index is 2.09. The molecular weight excluding hydrogens is 246 g/mol. The van der Waals surface area contributed by atoms with Crippen LogP contribution in [0.3, 0.4) is 0 Å². The summed E-state index contributed by atoms with van der Waals surface area (Å²) in [7, 11) is -1.57. The van der Waals surface area contributed by atoms with Crippen LogP contribution in [0, 0.1) is 0 Å². The van der Waals surface area contributed by atoms with Crippen molar-refractivity contribution >= 4 is 21.4 Å². The highest BCUT2D eigenvalue weighted by Gasteiger charge is 2.15. The van der Waals surface area contributed by atoms with Gasteiger partial charge >= 0.3 is 0 Å². The molecule has 0 saturated heterocycles. The summed E-state index contributed by atoms with van der Waals surface area (Å²) in [6.45, 7) is 0.198. The smallest absolute Gasteiger partial charge is 0.250 e. The molecule has 16 heavy (non-hydrogen) atoms. The molecular formula is C9H11N3O2S2. The third-order valence-electron chi connectivity index (χ3n) is 2.10. The number of imidazole rings is 1. The Kier molecular flexibility index (Phi) is 3.08. The van der Waals surface area contributed by atoms with Crippen molar-refractivity contribution in [3.8, 4) is 0 Å². The molecule has 1 N–H and O–H groups in total. The lowest BCUT2D eigenvalue weighted by atomic mass is 10.6. The predicted octanol–water partition coefficient (Wildman–Crippen LogP) is 0.960. The van der Waals surface area contributed by atoms with E-state index in [1.54, 1.807) is 34.5 Å². The summed E-state index contributed by atoms with van der Waals surface area (Å²) in [5.74, 6) is 0.681. The van der Waals surface area contributed by atoms with Crippen molar-refractivity contribution in [2.75, 3.05) is 0 Å². The zero-order chi connectivity index (χ0) is 11.6. The van der Waals surface area contributed by atoms with Gasteiger partial charge in [0.2, 0.25) is 10.0 Å². The van der Waals surface area contributed by atoms with E-state index < -0.39 is 10.0 Å². The zero-order valence-corrected chi connectivity index (χ0v) is 10.3. The van der Waals surface area contributed by atoms with Crippen molar-refractivity contribution in [1.82, 2.24) is 14.3 Å². The Morgan fingerprint density at radius 3 is 2.94 bits per heavy atom. The molecule has 0 aliphatic carbocycles. The van der Waals surface area contributed by atoms with Gasteiger partial charge in [-0.2, -0.15) is 0 Å². The molecule has 5 nitrogen and oxygen atoms in total. The Morgan fingerprint density at radius 1 is 1.56 bits per heavy atom. The third-order valence-corrected chi connectivity index (χ3v) is 4.90. The van der Waals surface area contributed by atoms with E-state index in [2.05, 4.69) is 9.71 Å². The van der Waals surface area contributed by atoms with Gasteiger partial charge in [0.25, 0.3) is 0 Å². The maximum absolute atomic E-state index is 11.8. The normalized spacial score (nSPS) is 11.8. The monoisotopic (exact) mass is 257 g/mol. The summed E-state index contributed by atoms with van der Waals surface area (Å²) in [4.78, 5) is 4.04. The summed E-state index contributed by atoms with van der Waals surface area (Å²) in [5.41, 5.74) is 0. The van der Waals surface area contributed by atoms with Gasteiger partial charge in [0.1, 0.15) is 10.0 Å². The third kappa shape index (κ3) is 2.31. The number of aryl methyl sites for hydroxylation is 1. The highest BCUT2D eigenvalue weighted by atomic mass is 32.2. The molecule has 0 fully saturated rings. The highest BCUT2D eigenvalue weighted by Crippen LogP contribution is 2.15. The number of thiophene rings is 1. The minimum atomic E-state index is -3.39. The molecule has 0 bridgehead atoms. The molecule has 0 amide bonds. The van der Waals surface area contributed by atoms with Crippen LogP contribution in [0.2, 0.25) is 0 Å². The first-order valence-electron chi connectivity index (χ1n) is 4.59. The van der Waals surface area contributed by atoms with E-state index in [-0.39, 0.29) is 6.54 Å². The minimum absolute atomic E-state index is 0.198. The van der Waals surface area contributed by atoms with E-state index in [4.69, 9.17) is 0 Å². The molecule has 7 heteroatoms. The largest absolute Gasteiger partial charge is 0.337 e. The van der Waals surface area contributed by atoms with Crippen LogP contribution in [-0.4, -0.2) is 18.0 Å². The molecule has 2 rings (SSSR count). The lowest BCUT2D eigenvalue weighted by Crippen LogP contribution is -2.23. The average Bonchev–Trinajstić information content (AvgIpc) is 2.85. The van der Waals surface area contributed by atoms with Gasteiger partial charge in [0.05, 0.1) is 6.54 Å². The van der Waals surface area contributed by atoms with E-state index in [1.165, 1.54) is 11.3 Å². The maximum atomic E-state index is 11.8. The van der Waals surface area contributed by atoms with Gasteiger partial charge in [-0.1, -0.05) is 6.07 Å². The lowest BCUT2D eigenvalue weighted by molar-refractivity contribution is 0.579. The van der Waals surface area contributed by atoms with Gasteiger partial charge in [-0.05, 0) is 11.4 Å². The number of hydrogen-bond acceptors (Lipinski definition) is 4. The van der Waals surface area contributed by atoms with Crippen LogP contribution in [-0.2, 0) is 23.6 Å². The number of aromatic nitrogens is 2. The Labute approximate surface area is 97.8 Å². The van der Waals surface area contributed by atoms with E-state index in [9.17, 15) is 8.42 Å². The van der Waals surface area contributed by atoms with Gasteiger partial charge in [0, 0.05) is 19.4 Å². The van der Waals surface area contributed by atoms with Gasteiger partial charge < -0.3 is 4.57 Å². The SMILES string of the molecule is Cn1ccnc1CNS(=O)(=O)c1cccs1. The highest BCUT2D eigenvalue weighted by molar-refractivity contribution is 7.91. The molecule has 0 aromatic carbocycles. The molecule has 2 heterocycles. The fraction of sp³-hybridized carbons (Fsp3) is 0.222. The van der Waals surface area contributed by atoms with Crippen molar-refractivity contribution < 1.29 is 8.42 Å². The van der Waals surface area contributed by atoms with Gasteiger partial charge in [-0.3, -0.25) is 0 Å². The lowest BCUT2D eigenvalue weighted by Gasteiger charge is -2.04. The number of rotatable bonds is 4. The van der Waals surface area contributed by atoms with Crippen molar-refractivity contribution in [3.63, 3.8) is 0 Å². The fourth-order valence-corrected chi connectivity index (χ4v) is 3.23. The van der Waals surface area contributed by atoms with E-state index >= 15 is 0 Å². The molecule has 0 unspecified atom stereocenters. The minimum Gasteiger partial charge on any atom is -0.337 e. The number of nitrogens with one attached hydrogen (secondary N) is 1. The Morgan fingerprint density at radius 2 is 2.38 bits per heavy atom. The molecule has 0 spiro atoms. The quantitative estimate of drug-likeness (QED) is 0.887. The summed E-state index contributed by atoms with van der Waals surface area (Å²) < 4.78 is 28.1. The van der Waals surface area contributed by atoms with Gasteiger partial charge in [0.15, 0.2) is 0 Å². The second-order valence-corrected chi connectivity index (χ2v) is 6.15. The number of sulfonamides is 1.